The van der Waals surface area contributed by atoms with Gasteiger partial charge in [-0.05, 0) is 37.6 Å². The zero-order chi connectivity index (χ0) is 14.5. The first-order valence-corrected chi connectivity index (χ1v) is 7.34. The second-order valence-electron chi connectivity index (χ2n) is 4.47. The smallest absolute Gasteiger partial charge is 0.190 e. The van der Waals surface area contributed by atoms with Crippen LogP contribution in [-0.2, 0) is 7.05 Å². The fraction of sp³-hybridized carbons (Fsp3) is 0.357. The van der Waals surface area contributed by atoms with Crippen LogP contribution in [0.25, 0.3) is 0 Å². The van der Waals surface area contributed by atoms with Crippen LogP contribution in [0.4, 0.5) is 4.39 Å². The van der Waals surface area contributed by atoms with Crippen molar-refractivity contribution in [2.24, 2.45) is 7.05 Å². The number of halogens is 1. The molecule has 0 saturated carbocycles. The molecule has 6 heteroatoms. The summed E-state index contributed by atoms with van der Waals surface area (Å²) in [6.45, 7) is 1.90. The predicted octanol–water partition coefficient (Wildman–Crippen LogP) is 3.02. The minimum Gasteiger partial charge on any atom is -0.309 e. The number of thioether (sulfide) groups is 1. The van der Waals surface area contributed by atoms with Crippen LogP contribution < -0.4 is 0 Å². The molecular formula is C14H16FN3OS. The number of carbonyl (C=O) groups excluding carboxylic acids is 1. The SMILES string of the molecule is Cc1nnc(SCCCC(=O)c2ccc(F)cc2)n1C. The van der Waals surface area contributed by atoms with Gasteiger partial charge >= 0.3 is 0 Å². The molecule has 0 aliphatic carbocycles. The van der Waals surface area contributed by atoms with Gasteiger partial charge in [-0.15, -0.1) is 10.2 Å². The molecule has 0 spiro atoms. The third-order valence-electron chi connectivity index (χ3n) is 3.00. The average molecular weight is 293 g/mol. The van der Waals surface area contributed by atoms with E-state index in [1.807, 2.05) is 18.5 Å². The van der Waals surface area contributed by atoms with Gasteiger partial charge in [0, 0.05) is 24.8 Å². The van der Waals surface area contributed by atoms with Gasteiger partial charge in [0.25, 0.3) is 0 Å². The molecule has 4 nitrogen and oxygen atoms in total. The highest BCUT2D eigenvalue weighted by atomic mass is 32.2. The molecule has 2 rings (SSSR count). The maximum atomic E-state index is 12.8. The number of carbonyl (C=O) groups is 1. The highest BCUT2D eigenvalue weighted by molar-refractivity contribution is 7.99. The van der Waals surface area contributed by atoms with Crippen molar-refractivity contribution in [3.63, 3.8) is 0 Å². The normalized spacial score (nSPS) is 10.8. The Bertz CT molecular complexity index is 595. The zero-order valence-electron chi connectivity index (χ0n) is 11.5. The summed E-state index contributed by atoms with van der Waals surface area (Å²) in [5, 5.41) is 8.88. The lowest BCUT2D eigenvalue weighted by molar-refractivity contribution is 0.0982. The van der Waals surface area contributed by atoms with Crippen molar-refractivity contribution in [1.82, 2.24) is 14.8 Å². The maximum absolute atomic E-state index is 12.8. The standard InChI is InChI=1S/C14H16FN3OS/c1-10-16-17-14(18(10)2)20-9-3-4-13(19)11-5-7-12(15)8-6-11/h5-8H,3-4,9H2,1-2H3. The molecule has 0 unspecified atom stereocenters. The van der Waals surface area contributed by atoms with Crippen molar-refractivity contribution in [3.05, 3.63) is 41.5 Å². The van der Waals surface area contributed by atoms with Gasteiger partial charge in [0.15, 0.2) is 10.9 Å². The first-order valence-electron chi connectivity index (χ1n) is 6.35. The summed E-state index contributed by atoms with van der Waals surface area (Å²) in [5.74, 6) is 1.39. The summed E-state index contributed by atoms with van der Waals surface area (Å²) in [5.41, 5.74) is 0.561. The summed E-state index contributed by atoms with van der Waals surface area (Å²) >= 11 is 1.58. The van der Waals surface area contributed by atoms with Gasteiger partial charge in [-0.3, -0.25) is 4.79 Å². The first kappa shape index (κ1) is 14.7. The van der Waals surface area contributed by atoms with Crippen molar-refractivity contribution in [1.29, 1.82) is 0 Å². The number of rotatable bonds is 6. The van der Waals surface area contributed by atoms with Gasteiger partial charge in [-0.1, -0.05) is 11.8 Å². The van der Waals surface area contributed by atoms with Gasteiger partial charge in [0.1, 0.15) is 11.6 Å². The Morgan fingerprint density at radius 1 is 1.30 bits per heavy atom. The van der Waals surface area contributed by atoms with Crippen molar-refractivity contribution in [2.45, 2.75) is 24.9 Å². The molecule has 0 bridgehead atoms. The predicted molar refractivity (Wildman–Crippen MR) is 76.4 cm³/mol. The number of aryl methyl sites for hydroxylation is 1. The van der Waals surface area contributed by atoms with E-state index in [2.05, 4.69) is 10.2 Å². The fourth-order valence-electron chi connectivity index (χ4n) is 1.69. The largest absolute Gasteiger partial charge is 0.309 e. The molecule has 0 amide bonds. The van der Waals surface area contributed by atoms with Crippen molar-refractivity contribution in [3.8, 4) is 0 Å². The van der Waals surface area contributed by atoms with Crippen LogP contribution in [0.1, 0.15) is 29.0 Å². The van der Waals surface area contributed by atoms with Gasteiger partial charge in [-0.2, -0.15) is 0 Å². The van der Waals surface area contributed by atoms with Crippen LogP contribution in [0.15, 0.2) is 29.4 Å². The van der Waals surface area contributed by atoms with Crippen LogP contribution in [-0.4, -0.2) is 26.3 Å². The molecular weight excluding hydrogens is 277 g/mol. The van der Waals surface area contributed by atoms with Gasteiger partial charge < -0.3 is 4.57 Å². The molecule has 106 valence electrons. The van der Waals surface area contributed by atoms with Crippen molar-refractivity contribution in [2.75, 3.05) is 5.75 Å². The van der Waals surface area contributed by atoms with Crippen LogP contribution in [0.3, 0.4) is 0 Å². The average Bonchev–Trinajstić information content (AvgIpc) is 2.76. The number of hydrogen-bond acceptors (Lipinski definition) is 4. The molecule has 2 aromatic rings. The highest BCUT2D eigenvalue weighted by Crippen LogP contribution is 2.17. The number of hydrogen-bond donors (Lipinski definition) is 0. The Hall–Kier alpha value is -1.69. The van der Waals surface area contributed by atoms with Crippen molar-refractivity contribution >= 4 is 17.5 Å². The molecule has 0 fully saturated rings. The summed E-state index contributed by atoms with van der Waals surface area (Å²) in [7, 11) is 1.92. The molecule has 20 heavy (non-hydrogen) atoms. The number of aromatic nitrogens is 3. The molecule has 0 saturated heterocycles. The van der Waals surface area contributed by atoms with E-state index in [0.29, 0.717) is 12.0 Å². The Morgan fingerprint density at radius 2 is 2.00 bits per heavy atom. The Morgan fingerprint density at radius 3 is 2.60 bits per heavy atom. The second kappa shape index (κ2) is 6.65. The topological polar surface area (TPSA) is 47.8 Å². The van der Waals surface area contributed by atoms with E-state index in [0.717, 1.165) is 23.2 Å². The van der Waals surface area contributed by atoms with E-state index in [4.69, 9.17) is 0 Å². The van der Waals surface area contributed by atoms with E-state index >= 15 is 0 Å². The third kappa shape index (κ3) is 3.66. The molecule has 1 aromatic carbocycles. The van der Waals surface area contributed by atoms with E-state index in [-0.39, 0.29) is 11.6 Å². The minimum atomic E-state index is -0.324. The first-order chi connectivity index (χ1) is 9.58. The number of Topliss-reactive ketones (excluding diaryl/α,β-unsaturated/α-hetero) is 1. The summed E-state index contributed by atoms with van der Waals surface area (Å²) in [6, 6.07) is 5.67. The van der Waals surface area contributed by atoms with Crippen LogP contribution in [0.5, 0.6) is 0 Å². The van der Waals surface area contributed by atoms with E-state index in [1.165, 1.54) is 24.3 Å². The van der Waals surface area contributed by atoms with Gasteiger partial charge in [-0.25, -0.2) is 4.39 Å². The molecule has 0 aliphatic rings. The molecule has 0 N–H and O–H groups in total. The summed E-state index contributed by atoms with van der Waals surface area (Å²) < 4.78 is 14.7. The molecule has 0 atom stereocenters. The van der Waals surface area contributed by atoms with E-state index < -0.39 is 0 Å². The van der Waals surface area contributed by atoms with E-state index in [9.17, 15) is 9.18 Å². The Labute approximate surface area is 121 Å². The number of ketones is 1. The van der Waals surface area contributed by atoms with E-state index in [1.54, 1.807) is 11.8 Å². The number of nitrogens with zero attached hydrogens (tertiary/aromatic N) is 3. The fourth-order valence-corrected chi connectivity index (χ4v) is 2.59. The van der Waals surface area contributed by atoms with Crippen molar-refractivity contribution < 1.29 is 9.18 Å². The number of benzene rings is 1. The third-order valence-corrected chi connectivity index (χ3v) is 4.10. The van der Waals surface area contributed by atoms with Crippen LogP contribution in [0.2, 0.25) is 0 Å². The molecule has 1 heterocycles. The minimum absolute atomic E-state index is 0.0414. The molecule has 0 radical (unpaired) electrons. The summed E-state index contributed by atoms with van der Waals surface area (Å²) in [6.07, 6.45) is 1.21. The molecule has 0 aliphatic heterocycles. The lowest BCUT2D eigenvalue weighted by Gasteiger charge is -2.02. The lowest BCUT2D eigenvalue weighted by Crippen LogP contribution is -2.00. The Kier molecular flexibility index (Phi) is 4.89. The van der Waals surface area contributed by atoms with Crippen LogP contribution in [0, 0.1) is 12.7 Å². The summed E-state index contributed by atoms with van der Waals surface area (Å²) in [4.78, 5) is 11.9. The van der Waals surface area contributed by atoms with Gasteiger partial charge in [0.2, 0.25) is 0 Å². The quantitative estimate of drug-likeness (QED) is 0.466. The van der Waals surface area contributed by atoms with Crippen LogP contribution >= 0.6 is 11.8 Å². The van der Waals surface area contributed by atoms with Gasteiger partial charge in [0.05, 0.1) is 0 Å². The lowest BCUT2D eigenvalue weighted by atomic mass is 10.1. The monoisotopic (exact) mass is 293 g/mol. The zero-order valence-corrected chi connectivity index (χ0v) is 12.3. The highest BCUT2D eigenvalue weighted by Gasteiger charge is 2.08. The second-order valence-corrected chi connectivity index (χ2v) is 5.53. The maximum Gasteiger partial charge on any atom is 0.190 e. The molecule has 1 aromatic heterocycles. The Balaban J connectivity index is 1.77.